The van der Waals surface area contributed by atoms with Crippen molar-refractivity contribution in [3.8, 4) is 0 Å². The van der Waals surface area contributed by atoms with Crippen LogP contribution in [-0.2, 0) is 6.54 Å². The van der Waals surface area contributed by atoms with Crippen molar-refractivity contribution in [2.45, 2.75) is 25.4 Å². The van der Waals surface area contributed by atoms with Gasteiger partial charge in [0.25, 0.3) is 0 Å². The normalized spacial score (nSPS) is 14.6. The minimum absolute atomic E-state index is 0.203. The Morgan fingerprint density at radius 1 is 1.26 bits per heavy atom. The van der Waals surface area contributed by atoms with Crippen LogP contribution >= 0.6 is 11.3 Å². The highest BCUT2D eigenvalue weighted by molar-refractivity contribution is 7.07. The van der Waals surface area contributed by atoms with E-state index in [4.69, 9.17) is 5.73 Å². The van der Waals surface area contributed by atoms with Crippen molar-refractivity contribution in [3.63, 3.8) is 0 Å². The van der Waals surface area contributed by atoms with Crippen molar-refractivity contribution in [1.82, 2.24) is 0 Å². The summed E-state index contributed by atoms with van der Waals surface area (Å²) in [6.07, 6.45) is 2.00. The van der Waals surface area contributed by atoms with Crippen LogP contribution in [0.4, 0.5) is 20.2 Å². The minimum atomic E-state index is -0.847. The quantitative estimate of drug-likeness (QED) is 0.864. The Morgan fingerprint density at radius 2 is 2.05 bits per heavy atom. The molecule has 1 fully saturated rings. The standard InChI is InChI=1S/C14H14F2N2S/c15-11-3-4-12(17)14(13(11)16)18(10-1-2-10)7-9-5-6-19-8-9/h3-6,8,10H,1-2,7,17H2. The summed E-state index contributed by atoms with van der Waals surface area (Å²) < 4.78 is 27.5. The van der Waals surface area contributed by atoms with Crippen molar-refractivity contribution in [3.05, 3.63) is 46.2 Å². The van der Waals surface area contributed by atoms with Gasteiger partial charge in [-0.1, -0.05) is 0 Å². The highest BCUT2D eigenvalue weighted by Crippen LogP contribution is 2.38. The van der Waals surface area contributed by atoms with Crippen molar-refractivity contribution in [1.29, 1.82) is 0 Å². The fourth-order valence-corrected chi connectivity index (χ4v) is 2.86. The molecule has 3 rings (SSSR count). The number of nitrogen functional groups attached to an aromatic ring is 1. The third-order valence-electron chi connectivity index (χ3n) is 3.31. The summed E-state index contributed by atoms with van der Waals surface area (Å²) in [5.41, 5.74) is 7.43. The second-order valence-corrected chi connectivity index (χ2v) is 5.57. The van der Waals surface area contributed by atoms with E-state index in [1.165, 1.54) is 6.07 Å². The number of rotatable bonds is 4. The molecule has 0 unspecified atom stereocenters. The molecule has 0 saturated heterocycles. The van der Waals surface area contributed by atoms with E-state index in [1.54, 1.807) is 11.3 Å². The molecule has 0 bridgehead atoms. The van der Waals surface area contributed by atoms with Gasteiger partial charge in [0.15, 0.2) is 11.6 Å². The molecule has 19 heavy (non-hydrogen) atoms. The molecule has 0 amide bonds. The molecule has 0 spiro atoms. The summed E-state index contributed by atoms with van der Waals surface area (Å²) >= 11 is 1.59. The zero-order valence-electron chi connectivity index (χ0n) is 10.3. The average molecular weight is 280 g/mol. The molecule has 1 aromatic heterocycles. The topological polar surface area (TPSA) is 29.3 Å². The number of hydrogen-bond acceptors (Lipinski definition) is 3. The predicted molar refractivity (Wildman–Crippen MR) is 74.3 cm³/mol. The first-order chi connectivity index (χ1) is 9.16. The van der Waals surface area contributed by atoms with Crippen LogP contribution < -0.4 is 10.6 Å². The molecule has 2 N–H and O–H groups in total. The lowest BCUT2D eigenvalue weighted by molar-refractivity contribution is 0.505. The largest absolute Gasteiger partial charge is 0.397 e. The van der Waals surface area contributed by atoms with Crippen LogP contribution in [0.3, 0.4) is 0 Å². The van der Waals surface area contributed by atoms with Gasteiger partial charge in [0.2, 0.25) is 0 Å². The molecule has 0 aliphatic heterocycles. The SMILES string of the molecule is Nc1ccc(F)c(F)c1N(Cc1ccsc1)C1CC1. The molecule has 0 radical (unpaired) electrons. The second-order valence-electron chi connectivity index (χ2n) is 4.79. The van der Waals surface area contributed by atoms with Gasteiger partial charge in [0, 0.05) is 12.6 Å². The summed E-state index contributed by atoms with van der Waals surface area (Å²) in [5, 5.41) is 3.99. The average Bonchev–Trinajstić information content (AvgIpc) is 3.11. The Hall–Kier alpha value is -1.62. The second kappa shape index (κ2) is 4.81. The highest BCUT2D eigenvalue weighted by Gasteiger charge is 2.32. The molecule has 1 heterocycles. The van der Waals surface area contributed by atoms with E-state index >= 15 is 0 Å². The van der Waals surface area contributed by atoms with Crippen molar-refractivity contribution >= 4 is 22.7 Å². The number of halogens is 2. The van der Waals surface area contributed by atoms with Gasteiger partial charge in [-0.2, -0.15) is 11.3 Å². The van der Waals surface area contributed by atoms with Crippen LogP contribution in [0.25, 0.3) is 0 Å². The number of benzene rings is 1. The molecule has 2 aromatic rings. The van der Waals surface area contributed by atoms with Gasteiger partial charge in [-0.15, -0.1) is 0 Å². The van der Waals surface area contributed by atoms with Crippen molar-refractivity contribution in [2.24, 2.45) is 0 Å². The smallest absolute Gasteiger partial charge is 0.184 e. The number of nitrogens with zero attached hydrogens (tertiary/aromatic N) is 1. The van der Waals surface area contributed by atoms with E-state index in [-0.39, 0.29) is 11.7 Å². The number of anilines is 2. The van der Waals surface area contributed by atoms with Crippen LogP contribution in [0.1, 0.15) is 18.4 Å². The van der Waals surface area contributed by atoms with E-state index in [0.717, 1.165) is 24.5 Å². The summed E-state index contributed by atoms with van der Waals surface area (Å²) in [5.74, 6) is -1.69. The lowest BCUT2D eigenvalue weighted by Gasteiger charge is -2.26. The van der Waals surface area contributed by atoms with E-state index in [2.05, 4.69) is 0 Å². The monoisotopic (exact) mass is 280 g/mol. The Labute approximate surface area is 114 Å². The van der Waals surface area contributed by atoms with Gasteiger partial charge in [-0.05, 0) is 47.4 Å². The molecule has 1 aliphatic rings. The Balaban J connectivity index is 1.98. The maximum Gasteiger partial charge on any atom is 0.184 e. The molecule has 1 saturated carbocycles. The molecule has 100 valence electrons. The summed E-state index contributed by atoms with van der Waals surface area (Å²) in [6, 6.07) is 4.76. The fourth-order valence-electron chi connectivity index (χ4n) is 2.20. The lowest BCUT2D eigenvalue weighted by atomic mass is 10.2. The number of nitrogens with two attached hydrogens (primary N) is 1. The molecule has 2 nitrogen and oxygen atoms in total. The minimum Gasteiger partial charge on any atom is -0.397 e. The highest BCUT2D eigenvalue weighted by atomic mass is 32.1. The Morgan fingerprint density at radius 3 is 2.68 bits per heavy atom. The van der Waals surface area contributed by atoms with E-state index in [9.17, 15) is 8.78 Å². The zero-order chi connectivity index (χ0) is 13.4. The Bertz CT molecular complexity index is 579. The Kier molecular flexibility index (Phi) is 3.14. The maximum absolute atomic E-state index is 14.0. The summed E-state index contributed by atoms with van der Waals surface area (Å²) in [6.45, 7) is 0.568. The van der Waals surface area contributed by atoms with Crippen LogP contribution in [0, 0.1) is 11.6 Å². The predicted octanol–water partition coefficient (Wildman–Crippen LogP) is 3.78. The van der Waals surface area contributed by atoms with E-state index in [0.29, 0.717) is 12.2 Å². The third kappa shape index (κ3) is 2.42. The number of hydrogen-bond donors (Lipinski definition) is 1. The molecule has 0 atom stereocenters. The van der Waals surface area contributed by atoms with Crippen LogP contribution in [0.15, 0.2) is 29.0 Å². The van der Waals surface area contributed by atoms with Crippen molar-refractivity contribution in [2.75, 3.05) is 10.6 Å². The first kappa shape index (κ1) is 12.4. The first-order valence-corrected chi connectivity index (χ1v) is 7.12. The molecule has 5 heteroatoms. The van der Waals surface area contributed by atoms with Gasteiger partial charge in [-0.25, -0.2) is 8.78 Å². The molecular weight excluding hydrogens is 266 g/mol. The van der Waals surface area contributed by atoms with Crippen molar-refractivity contribution < 1.29 is 8.78 Å². The van der Waals surface area contributed by atoms with Gasteiger partial charge >= 0.3 is 0 Å². The van der Waals surface area contributed by atoms with Gasteiger partial charge < -0.3 is 10.6 Å². The zero-order valence-corrected chi connectivity index (χ0v) is 11.1. The molecule has 1 aromatic carbocycles. The number of thiophene rings is 1. The van der Waals surface area contributed by atoms with E-state index < -0.39 is 11.6 Å². The van der Waals surface area contributed by atoms with Crippen LogP contribution in [0.5, 0.6) is 0 Å². The van der Waals surface area contributed by atoms with Crippen LogP contribution in [-0.4, -0.2) is 6.04 Å². The van der Waals surface area contributed by atoms with Gasteiger partial charge in [-0.3, -0.25) is 0 Å². The summed E-state index contributed by atoms with van der Waals surface area (Å²) in [4.78, 5) is 1.88. The third-order valence-corrected chi connectivity index (χ3v) is 4.04. The first-order valence-electron chi connectivity index (χ1n) is 6.18. The van der Waals surface area contributed by atoms with Gasteiger partial charge in [0.1, 0.15) is 0 Å². The lowest BCUT2D eigenvalue weighted by Crippen LogP contribution is -2.27. The fraction of sp³-hybridized carbons (Fsp3) is 0.286. The molecule has 1 aliphatic carbocycles. The van der Waals surface area contributed by atoms with E-state index in [1.807, 2.05) is 21.7 Å². The summed E-state index contributed by atoms with van der Waals surface area (Å²) in [7, 11) is 0. The molecular formula is C14H14F2N2S. The van der Waals surface area contributed by atoms with Gasteiger partial charge in [0.05, 0.1) is 11.4 Å². The maximum atomic E-state index is 14.0. The van der Waals surface area contributed by atoms with Crippen LogP contribution in [0.2, 0.25) is 0 Å².